The number of carbonyl (C=O) groups excluding carboxylic acids is 2. The van der Waals surface area contributed by atoms with E-state index in [2.05, 4.69) is 0 Å². The minimum Gasteiger partial charge on any atom is -0.503 e. The van der Waals surface area contributed by atoms with Gasteiger partial charge in [-0.15, -0.1) is 0 Å². The van der Waals surface area contributed by atoms with E-state index in [1.807, 2.05) is 30.3 Å². The number of aliphatic hydroxyl groups excluding tert-OH is 1. The lowest BCUT2D eigenvalue weighted by Crippen LogP contribution is -2.33. The zero-order valence-corrected chi connectivity index (χ0v) is 17.2. The van der Waals surface area contributed by atoms with E-state index in [1.165, 1.54) is 17.2 Å². The van der Waals surface area contributed by atoms with Gasteiger partial charge >= 0.3 is 0 Å². The van der Waals surface area contributed by atoms with E-state index >= 15 is 0 Å². The standard InChI is InChI=1S/C23H17Cl2NO4/c24-16-9-8-15(13-17(16)25)20-19(21(27)18-7-4-12-30-18)22(28)23(29)26(20)11-10-14-5-2-1-3-6-14/h1-9,12-13,20,28H,10-11H2. The lowest BCUT2D eigenvalue weighted by Gasteiger charge is -2.27. The van der Waals surface area contributed by atoms with Gasteiger partial charge in [-0.2, -0.15) is 0 Å². The third-order valence-electron chi connectivity index (χ3n) is 5.04. The van der Waals surface area contributed by atoms with Gasteiger partial charge in [0.15, 0.2) is 11.5 Å². The topological polar surface area (TPSA) is 70.8 Å². The first kappa shape index (κ1) is 20.3. The number of Topliss-reactive ketones (excluding diaryl/α,β-unsaturated/α-hetero) is 1. The molecule has 7 heteroatoms. The molecule has 3 aromatic rings. The van der Waals surface area contributed by atoms with Crippen molar-refractivity contribution in [2.45, 2.75) is 12.5 Å². The molecule has 1 aliphatic rings. The molecule has 0 fully saturated rings. The number of carbonyl (C=O) groups is 2. The Morgan fingerprint density at radius 1 is 1.03 bits per heavy atom. The molecule has 1 unspecified atom stereocenters. The Hall–Kier alpha value is -3.02. The van der Waals surface area contributed by atoms with Crippen molar-refractivity contribution >= 4 is 34.9 Å². The summed E-state index contributed by atoms with van der Waals surface area (Å²) in [5.74, 6) is -1.71. The van der Waals surface area contributed by atoms with Gasteiger partial charge in [-0.3, -0.25) is 9.59 Å². The van der Waals surface area contributed by atoms with E-state index in [0.29, 0.717) is 28.6 Å². The number of halogens is 2. The van der Waals surface area contributed by atoms with Crippen molar-refractivity contribution in [3.05, 3.63) is 105 Å². The summed E-state index contributed by atoms with van der Waals surface area (Å²) < 4.78 is 5.21. The average molecular weight is 442 g/mol. The number of hydrogen-bond acceptors (Lipinski definition) is 4. The lowest BCUT2D eigenvalue weighted by atomic mass is 9.95. The SMILES string of the molecule is O=C(C1=C(O)C(=O)N(CCc2ccccc2)C1c1ccc(Cl)c(Cl)c1)c1ccco1. The molecule has 0 saturated carbocycles. The van der Waals surface area contributed by atoms with Gasteiger partial charge in [0.1, 0.15) is 0 Å². The molecule has 5 nitrogen and oxygen atoms in total. The molecule has 2 aromatic carbocycles. The summed E-state index contributed by atoms with van der Waals surface area (Å²) in [6, 6.07) is 16.8. The summed E-state index contributed by atoms with van der Waals surface area (Å²) in [5, 5.41) is 11.3. The normalized spacial score (nSPS) is 16.4. The molecule has 1 aliphatic heterocycles. The summed E-state index contributed by atoms with van der Waals surface area (Å²) >= 11 is 12.2. The third kappa shape index (κ3) is 3.74. The first-order valence-corrected chi connectivity index (χ1v) is 10.0. The molecular weight excluding hydrogens is 425 g/mol. The van der Waals surface area contributed by atoms with Crippen LogP contribution in [-0.2, 0) is 11.2 Å². The second kappa shape index (κ2) is 8.38. The molecule has 1 atom stereocenters. The fourth-order valence-electron chi connectivity index (χ4n) is 3.58. The minimum absolute atomic E-state index is 0.0404. The third-order valence-corrected chi connectivity index (χ3v) is 5.78. The highest BCUT2D eigenvalue weighted by molar-refractivity contribution is 6.42. The fourth-order valence-corrected chi connectivity index (χ4v) is 3.89. The summed E-state index contributed by atoms with van der Waals surface area (Å²) in [6.07, 6.45) is 1.92. The summed E-state index contributed by atoms with van der Waals surface area (Å²) in [5.41, 5.74) is 1.56. The molecule has 152 valence electrons. The average Bonchev–Trinajstić information content (AvgIpc) is 3.37. The maximum Gasteiger partial charge on any atom is 0.290 e. The second-order valence-corrected chi connectivity index (χ2v) is 7.69. The van der Waals surface area contributed by atoms with Crippen molar-refractivity contribution in [2.75, 3.05) is 6.54 Å². The van der Waals surface area contributed by atoms with E-state index in [0.717, 1.165) is 5.56 Å². The quantitative estimate of drug-likeness (QED) is 0.519. The van der Waals surface area contributed by atoms with Crippen LogP contribution >= 0.6 is 23.2 Å². The molecule has 1 aromatic heterocycles. The van der Waals surface area contributed by atoms with Crippen LogP contribution < -0.4 is 0 Å². The predicted octanol–water partition coefficient (Wildman–Crippen LogP) is 5.41. The molecule has 30 heavy (non-hydrogen) atoms. The number of ketones is 1. The van der Waals surface area contributed by atoms with Gasteiger partial charge in [-0.05, 0) is 41.8 Å². The first-order chi connectivity index (χ1) is 14.5. The van der Waals surface area contributed by atoms with Gasteiger partial charge in [0.05, 0.1) is 27.9 Å². The number of rotatable bonds is 6. The van der Waals surface area contributed by atoms with Crippen molar-refractivity contribution in [1.29, 1.82) is 0 Å². The van der Waals surface area contributed by atoms with Crippen LogP contribution in [0.1, 0.15) is 27.7 Å². The van der Waals surface area contributed by atoms with Gasteiger partial charge in [-0.25, -0.2) is 0 Å². The monoisotopic (exact) mass is 441 g/mol. The van der Waals surface area contributed by atoms with Crippen LogP contribution in [-0.4, -0.2) is 28.2 Å². The van der Waals surface area contributed by atoms with Crippen LogP contribution in [0.4, 0.5) is 0 Å². The Morgan fingerprint density at radius 3 is 2.47 bits per heavy atom. The molecule has 0 spiro atoms. The van der Waals surface area contributed by atoms with Crippen molar-refractivity contribution in [3.63, 3.8) is 0 Å². The maximum atomic E-state index is 13.1. The second-order valence-electron chi connectivity index (χ2n) is 6.88. The van der Waals surface area contributed by atoms with Gasteiger partial charge in [0.25, 0.3) is 5.91 Å². The van der Waals surface area contributed by atoms with Crippen molar-refractivity contribution < 1.29 is 19.1 Å². The van der Waals surface area contributed by atoms with Crippen LogP contribution in [0.15, 0.2) is 82.7 Å². The van der Waals surface area contributed by atoms with Gasteiger partial charge in [0.2, 0.25) is 5.78 Å². The number of benzene rings is 2. The molecule has 0 saturated heterocycles. The number of amides is 1. The highest BCUT2D eigenvalue weighted by Gasteiger charge is 2.44. The van der Waals surface area contributed by atoms with Crippen molar-refractivity contribution in [3.8, 4) is 0 Å². The zero-order chi connectivity index (χ0) is 21.3. The highest BCUT2D eigenvalue weighted by atomic mass is 35.5. The Morgan fingerprint density at radius 2 is 1.80 bits per heavy atom. The van der Waals surface area contributed by atoms with Crippen LogP contribution in [0, 0.1) is 0 Å². The van der Waals surface area contributed by atoms with E-state index in [4.69, 9.17) is 27.6 Å². The van der Waals surface area contributed by atoms with Crippen LogP contribution in [0.2, 0.25) is 10.0 Å². The number of hydrogen-bond donors (Lipinski definition) is 1. The Balaban J connectivity index is 1.74. The maximum absolute atomic E-state index is 13.1. The lowest BCUT2D eigenvalue weighted by molar-refractivity contribution is -0.129. The molecule has 0 radical (unpaired) electrons. The number of nitrogens with zero attached hydrogens (tertiary/aromatic N) is 1. The highest BCUT2D eigenvalue weighted by Crippen LogP contribution is 2.40. The largest absolute Gasteiger partial charge is 0.503 e. The predicted molar refractivity (Wildman–Crippen MR) is 114 cm³/mol. The molecule has 4 rings (SSSR count). The van der Waals surface area contributed by atoms with Crippen LogP contribution in [0.25, 0.3) is 0 Å². The fraction of sp³-hybridized carbons (Fsp3) is 0.130. The van der Waals surface area contributed by atoms with Crippen molar-refractivity contribution in [2.24, 2.45) is 0 Å². The zero-order valence-electron chi connectivity index (χ0n) is 15.7. The molecular formula is C23H17Cl2NO4. The molecule has 0 aliphatic carbocycles. The van der Waals surface area contributed by atoms with Gasteiger partial charge in [0, 0.05) is 6.54 Å². The number of furan rings is 1. The molecule has 1 amide bonds. The van der Waals surface area contributed by atoms with E-state index in [9.17, 15) is 14.7 Å². The Bertz CT molecular complexity index is 1120. The van der Waals surface area contributed by atoms with E-state index in [-0.39, 0.29) is 11.3 Å². The summed E-state index contributed by atoms with van der Waals surface area (Å²) in [4.78, 5) is 27.5. The molecule has 2 heterocycles. The van der Waals surface area contributed by atoms with E-state index in [1.54, 1.807) is 24.3 Å². The Labute approximate surface area is 183 Å². The van der Waals surface area contributed by atoms with Gasteiger partial charge < -0.3 is 14.4 Å². The van der Waals surface area contributed by atoms with Crippen molar-refractivity contribution in [1.82, 2.24) is 4.90 Å². The molecule has 1 N–H and O–H groups in total. The Kier molecular flexibility index (Phi) is 5.66. The smallest absolute Gasteiger partial charge is 0.290 e. The summed E-state index contributed by atoms with van der Waals surface area (Å²) in [7, 11) is 0. The van der Waals surface area contributed by atoms with Crippen LogP contribution in [0.5, 0.6) is 0 Å². The van der Waals surface area contributed by atoms with Crippen LogP contribution in [0.3, 0.4) is 0 Å². The van der Waals surface area contributed by atoms with E-state index < -0.39 is 23.5 Å². The molecule has 0 bridgehead atoms. The van der Waals surface area contributed by atoms with Gasteiger partial charge in [-0.1, -0.05) is 59.6 Å². The number of aliphatic hydroxyl groups is 1. The minimum atomic E-state index is -0.812. The first-order valence-electron chi connectivity index (χ1n) is 9.28. The summed E-state index contributed by atoms with van der Waals surface area (Å²) in [6.45, 7) is 0.298.